The molecule has 0 saturated carbocycles. The predicted octanol–water partition coefficient (Wildman–Crippen LogP) is -1.43. The molecular formula is C3H6N2O6. The van der Waals surface area contributed by atoms with Gasteiger partial charge in [-0.05, 0) is 0 Å². The Morgan fingerprint density at radius 2 is 1.55 bits per heavy atom. The van der Waals surface area contributed by atoms with E-state index in [1.807, 2.05) is 0 Å². The first kappa shape index (κ1) is 9.72. The largest absolute Gasteiger partial charge is 0.501 e. The fraction of sp³-hybridized carbons (Fsp3) is 1.00. The maximum atomic E-state index is 9.83. The second-order valence-electron chi connectivity index (χ2n) is 2.04. The summed E-state index contributed by atoms with van der Waals surface area (Å²) in [6.07, 6.45) is -2.61. The summed E-state index contributed by atoms with van der Waals surface area (Å²) >= 11 is 0. The van der Waals surface area contributed by atoms with Crippen molar-refractivity contribution in [3.8, 4) is 0 Å². The van der Waals surface area contributed by atoms with Crippen LogP contribution in [0.2, 0.25) is 0 Å². The first-order valence-corrected chi connectivity index (χ1v) is 2.48. The summed E-state index contributed by atoms with van der Waals surface area (Å²) in [6, 6.07) is 0. The van der Waals surface area contributed by atoms with E-state index in [2.05, 4.69) is 0 Å². The average Bonchev–Trinajstić information content (AvgIpc) is 1.54. The van der Waals surface area contributed by atoms with Gasteiger partial charge in [0.15, 0.2) is 0 Å². The number of rotatable bonds is 3. The summed E-state index contributed by atoms with van der Waals surface area (Å²) in [5, 5.41) is 36.6. The molecule has 0 saturated heterocycles. The summed E-state index contributed by atoms with van der Waals surface area (Å²) in [4.78, 5) is 16.9. The molecule has 0 rings (SSSR count). The van der Waals surface area contributed by atoms with Gasteiger partial charge in [-0.3, -0.25) is 20.2 Å². The summed E-state index contributed by atoms with van der Waals surface area (Å²) < 4.78 is 0. The quantitative estimate of drug-likeness (QED) is 0.300. The molecule has 11 heavy (non-hydrogen) atoms. The van der Waals surface area contributed by atoms with Crippen LogP contribution in [-0.2, 0) is 0 Å². The summed E-state index contributed by atoms with van der Waals surface area (Å²) in [5.74, 6) is -2.94. The van der Waals surface area contributed by atoms with E-state index >= 15 is 0 Å². The standard InChI is InChI=1S/C3H6N2O6/c1-3(6,7)2(4(8)9)5(10)11/h2,6-7H,1H3. The lowest BCUT2D eigenvalue weighted by atomic mass is 10.3. The highest BCUT2D eigenvalue weighted by Gasteiger charge is 2.50. The van der Waals surface area contributed by atoms with Crippen molar-refractivity contribution in [2.75, 3.05) is 0 Å². The Morgan fingerprint density at radius 3 is 1.55 bits per heavy atom. The van der Waals surface area contributed by atoms with Gasteiger partial charge >= 0.3 is 12.0 Å². The SMILES string of the molecule is CC(O)(O)C([N+](=O)[O-])[N+](=O)[O-]. The lowest BCUT2D eigenvalue weighted by molar-refractivity contribution is -0.771. The van der Waals surface area contributed by atoms with E-state index in [-0.39, 0.29) is 0 Å². The minimum absolute atomic E-state index is 0.573. The molecule has 0 aliphatic heterocycles. The zero-order valence-electron chi connectivity index (χ0n) is 5.50. The maximum Gasteiger partial charge on any atom is 0.501 e. The molecule has 0 amide bonds. The van der Waals surface area contributed by atoms with Crippen molar-refractivity contribution in [1.82, 2.24) is 0 Å². The van der Waals surface area contributed by atoms with E-state index in [0.717, 1.165) is 0 Å². The Kier molecular flexibility index (Phi) is 2.44. The van der Waals surface area contributed by atoms with E-state index in [1.54, 1.807) is 0 Å². The summed E-state index contributed by atoms with van der Waals surface area (Å²) in [5.41, 5.74) is 0. The monoisotopic (exact) mass is 166 g/mol. The summed E-state index contributed by atoms with van der Waals surface area (Å²) in [7, 11) is 0. The second kappa shape index (κ2) is 2.76. The van der Waals surface area contributed by atoms with E-state index in [9.17, 15) is 20.2 Å². The van der Waals surface area contributed by atoms with Gasteiger partial charge in [0.25, 0.3) is 0 Å². The number of nitro groups is 2. The lowest BCUT2D eigenvalue weighted by Crippen LogP contribution is -2.49. The van der Waals surface area contributed by atoms with E-state index in [1.165, 1.54) is 0 Å². The molecule has 0 heterocycles. The molecule has 0 unspecified atom stereocenters. The molecule has 0 spiro atoms. The normalized spacial score (nSPS) is 11.6. The summed E-state index contributed by atoms with van der Waals surface area (Å²) in [6.45, 7) is 0.573. The van der Waals surface area contributed by atoms with Gasteiger partial charge in [-0.15, -0.1) is 0 Å². The van der Waals surface area contributed by atoms with E-state index in [0.29, 0.717) is 6.92 Å². The topological polar surface area (TPSA) is 127 Å². The van der Waals surface area contributed by atoms with Crippen LogP contribution < -0.4 is 0 Å². The predicted molar refractivity (Wildman–Crippen MR) is 30.6 cm³/mol. The van der Waals surface area contributed by atoms with Crippen molar-refractivity contribution in [3.63, 3.8) is 0 Å². The molecule has 0 aliphatic rings. The van der Waals surface area contributed by atoms with Crippen LogP contribution in [0.15, 0.2) is 0 Å². The van der Waals surface area contributed by atoms with Crippen LogP contribution in [0.25, 0.3) is 0 Å². The van der Waals surface area contributed by atoms with Gasteiger partial charge in [0, 0.05) is 6.92 Å². The van der Waals surface area contributed by atoms with Gasteiger partial charge < -0.3 is 10.2 Å². The van der Waals surface area contributed by atoms with Crippen LogP contribution in [0.1, 0.15) is 6.92 Å². The maximum absolute atomic E-state index is 9.83. The molecule has 64 valence electrons. The molecule has 8 heteroatoms. The molecule has 0 atom stereocenters. The smallest absolute Gasteiger partial charge is 0.355 e. The van der Waals surface area contributed by atoms with Crippen molar-refractivity contribution in [3.05, 3.63) is 20.2 Å². The second-order valence-corrected chi connectivity index (χ2v) is 2.04. The Balaban J connectivity index is 4.63. The number of nitrogens with zero attached hydrogens (tertiary/aromatic N) is 2. The van der Waals surface area contributed by atoms with E-state index in [4.69, 9.17) is 10.2 Å². The van der Waals surface area contributed by atoms with Crippen molar-refractivity contribution < 1.29 is 20.1 Å². The van der Waals surface area contributed by atoms with Crippen LogP contribution in [0, 0.1) is 20.2 Å². The average molecular weight is 166 g/mol. The molecular weight excluding hydrogens is 160 g/mol. The first-order valence-electron chi connectivity index (χ1n) is 2.48. The first-order chi connectivity index (χ1) is 4.76. The third-order valence-electron chi connectivity index (χ3n) is 0.889. The van der Waals surface area contributed by atoms with Crippen molar-refractivity contribution in [1.29, 1.82) is 0 Å². The van der Waals surface area contributed by atoms with E-state index < -0.39 is 21.8 Å². The Morgan fingerprint density at radius 1 is 1.27 bits per heavy atom. The van der Waals surface area contributed by atoms with Crippen LogP contribution in [0.4, 0.5) is 0 Å². The van der Waals surface area contributed by atoms with Crippen molar-refractivity contribution >= 4 is 0 Å². The highest BCUT2D eigenvalue weighted by molar-refractivity contribution is 4.58. The number of hydrogen-bond donors (Lipinski definition) is 2. The third kappa shape index (κ3) is 2.43. The molecule has 0 aliphatic carbocycles. The highest BCUT2D eigenvalue weighted by Crippen LogP contribution is 2.08. The van der Waals surface area contributed by atoms with Gasteiger partial charge in [0.2, 0.25) is 0 Å². The molecule has 0 aromatic heterocycles. The highest BCUT2D eigenvalue weighted by atomic mass is 16.7. The number of aliphatic hydroxyl groups is 2. The Hall–Kier alpha value is -1.28. The zero-order chi connectivity index (χ0) is 9.23. The van der Waals surface area contributed by atoms with Crippen LogP contribution in [-0.4, -0.2) is 32.0 Å². The zero-order valence-corrected chi connectivity index (χ0v) is 5.50. The van der Waals surface area contributed by atoms with Gasteiger partial charge in [-0.1, -0.05) is 0 Å². The lowest BCUT2D eigenvalue weighted by Gasteiger charge is -2.12. The molecule has 0 fully saturated rings. The molecule has 0 radical (unpaired) electrons. The minimum Gasteiger partial charge on any atom is -0.355 e. The minimum atomic E-state index is -2.94. The van der Waals surface area contributed by atoms with Crippen LogP contribution in [0.5, 0.6) is 0 Å². The fourth-order valence-electron chi connectivity index (χ4n) is 0.476. The third-order valence-corrected chi connectivity index (χ3v) is 0.889. The molecule has 2 N–H and O–H groups in total. The van der Waals surface area contributed by atoms with Crippen molar-refractivity contribution in [2.24, 2.45) is 0 Å². The van der Waals surface area contributed by atoms with Gasteiger partial charge in [-0.2, -0.15) is 0 Å². The Bertz CT molecular complexity index is 169. The van der Waals surface area contributed by atoms with Crippen molar-refractivity contribution in [2.45, 2.75) is 18.9 Å². The molecule has 0 bridgehead atoms. The van der Waals surface area contributed by atoms with Gasteiger partial charge in [0.05, 0.1) is 0 Å². The fourth-order valence-corrected chi connectivity index (χ4v) is 0.476. The van der Waals surface area contributed by atoms with Gasteiger partial charge in [-0.25, -0.2) is 0 Å². The molecule has 0 aromatic rings. The number of hydrogen-bond acceptors (Lipinski definition) is 6. The molecule has 8 nitrogen and oxygen atoms in total. The molecule has 0 aromatic carbocycles. The van der Waals surface area contributed by atoms with Crippen LogP contribution >= 0.6 is 0 Å². The van der Waals surface area contributed by atoms with Gasteiger partial charge in [0.1, 0.15) is 9.85 Å². The Labute approximate surface area is 60.4 Å². The van der Waals surface area contributed by atoms with Crippen LogP contribution in [0.3, 0.4) is 0 Å².